The van der Waals surface area contributed by atoms with Crippen LogP contribution in [0.15, 0.2) is 0 Å². The van der Waals surface area contributed by atoms with Gasteiger partial charge in [-0.25, -0.2) is 0 Å². The summed E-state index contributed by atoms with van der Waals surface area (Å²) in [5.74, 6) is 8.12. The van der Waals surface area contributed by atoms with Gasteiger partial charge in [-0.05, 0) is 121 Å². The maximum absolute atomic E-state index is 2.81. The van der Waals surface area contributed by atoms with Crippen molar-refractivity contribution in [3.05, 3.63) is 0 Å². The molecule has 0 amide bonds. The summed E-state index contributed by atoms with van der Waals surface area (Å²) in [7, 11) is 0. The van der Waals surface area contributed by atoms with Crippen molar-refractivity contribution in [3.63, 3.8) is 0 Å². The minimum Gasteiger partial charge on any atom is -0.0625 e. The van der Waals surface area contributed by atoms with Gasteiger partial charge >= 0.3 is 0 Å². The summed E-state index contributed by atoms with van der Waals surface area (Å²) in [6.45, 7) is 16.0. The van der Waals surface area contributed by atoms with Gasteiger partial charge < -0.3 is 0 Å². The van der Waals surface area contributed by atoms with Crippen LogP contribution in [-0.4, -0.2) is 0 Å². The Morgan fingerprint density at radius 2 is 1.43 bits per heavy atom. The van der Waals surface area contributed by atoms with Crippen LogP contribution in [0.1, 0.15) is 112 Å². The molecule has 0 unspecified atom stereocenters. The lowest BCUT2D eigenvalue weighted by Gasteiger charge is -2.70. The highest BCUT2D eigenvalue weighted by atomic mass is 14.7. The molecular weight excluding hydrogens is 336 g/mol. The van der Waals surface area contributed by atoms with E-state index in [1.807, 2.05) is 0 Å². The predicted molar refractivity (Wildman–Crippen MR) is 120 cm³/mol. The Morgan fingerprint density at radius 1 is 0.679 bits per heavy atom. The monoisotopic (exact) mass is 384 g/mol. The number of rotatable bonds is 1. The van der Waals surface area contributed by atoms with Crippen LogP contribution in [0.5, 0.6) is 0 Å². The van der Waals surface area contributed by atoms with Crippen molar-refractivity contribution in [3.8, 4) is 0 Å². The summed E-state index contributed by atoms with van der Waals surface area (Å²) in [6, 6.07) is 0. The van der Waals surface area contributed by atoms with Crippen molar-refractivity contribution >= 4 is 0 Å². The molecule has 0 heterocycles. The second-order valence-corrected chi connectivity index (χ2v) is 13.4. The molecule has 0 bridgehead atoms. The third-order valence-corrected chi connectivity index (χ3v) is 12.6. The quantitative estimate of drug-likeness (QED) is 0.426. The third-order valence-electron chi connectivity index (χ3n) is 12.6. The average molecular weight is 385 g/mol. The zero-order valence-electron chi connectivity index (χ0n) is 19.9. The first-order valence-electron chi connectivity index (χ1n) is 13.2. The summed E-state index contributed by atoms with van der Waals surface area (Å²) in [4.78, 5) is 0. The SMILES string of the molecule is CC(C)[C@H]1CC[C@H]2[C@@H]1CC[C@]1(C)[C@@H]2CC[C@@H]2[C@@]3(C)CCC[C@H](C)[C@@H]3CC[C@]21C. The first-order chi connectivity index (χ1) is 13.2. The third kappa shape index (κ3) is 2.42. The largest absolute Gasteiger partial charge is 0.0625 e. The molecule has 0 nitrogen and oxygen atoms in total. The van der Waals surface area contributed by atoms with Gasteiger partial charge in [0, 0.05) is 0 Å². The molecule has 0 aromatic rings. The van der Waals surface area contributed by atoms with E-state index in [-0.39, 0.29) is 0 Å². The molecule has 5 fully saturated rings. The number of hydrogen-bond acceptors (Lipinski definition) is 0. The smallest absolute Gasteiger partial charge is 0.0235 e. The van der Waals surface area contributed by atoms with Crippen LogP contribution in [0, 0.1) is 63.6 Å². The molecule has 5 saturated carbocycles. The molecule has 0 N–H and O–H groups in total. The van der Waals surface area contributed by atoms with Crippen LogP contribution < -0.4 is 0 Å². The highest BCUT2D eigenvalue weighted by molar-refractivity contribution is 5.15. The van der Waals surface area contributed by atoms with Gasteiger partial charge in [-0.2, -0.15) is 0 Å². The molecule has 0 aromatic carbocycles. The van der Waals surface area contributed by atoms with Gasteiger partial charge in [0.25, 0.3) is 0 Å². The van der Waals surface area contributed by atoms with Crippen LogP contribution in [-0.2, 0) is 0 Å². The van der Waals surface area contributed by atoms with E-state index in [0.29, 0.717) is 16.2 Å². The van der Waals surface area contributed by atoms with Gasteiger partial charge in [0.05, 0.1) is 0 Å². The van der Waals surface area contributed by atoms with Crippen molar-refractivity contribution < 1.29 is 0 Å². The molecule has 0 aliphatic heterocycles. The van der Waals surface area contributed by atoms with Crippen molar-refractivity contribution in [2.45, 2.75) is 112 Å². The molecule has 0 saturated heterocycles. The molecule has 0 radical (unpaired) electrons. The van der Waals surface area contributed by atoms with E-state index < -0.39 is 0 Å². The molecule has 0 aromatic heterocycles. The first-order valence-corrected chi connectivity index (χ1v) is 13.2. The summed E-state index contributed by atoms with van der Waals surface area (Å²) in [5.41, 5.74) is 1.88. The Bertz CT molecular complexity index is 605. The van der Waals surface area contributed by atoms with E-state index in [1.165, 1.54) is 32.1 Å². The van der Waals surface area contributed by atoms with Crippen molar-refractivity contribution in [1.82, 2.24) is 0 Å². The zero-order chi connectivity index (χ0) is 19.9. The van der Waals surface area contributed by atoms with Crippen molar-refractivity contribution in [1.29, 1.82) is 0 Å². The van der Waals surface area contributed by atoms with Gasteiger partial charge in [-0.15, -0.1) is 0 Å². The molecule has 5 rings (SSSR count). The van der Waals surface area contributed by atoms with Crippen LogP contribution in [0.2, 0.25) is 0 Å². The van der Waals surface area contributed by atoms with Gasteiger partial charge in [0.1, 0.15) is 0 Å². The van der Waals surface area contributed by atoms with E-state index in [1.54, 1.807) is 38.5 Å². The fraction of sp³-hybridized carbons (Fsp3) is 1.00. The number of hydrogen-bond donors (Lipinski definition) is 0. The zero-order valence-corrected chi connectivity index (χ0v) is 19.9. The molecule has 0 heteroatoms. The average Bonchev–Trinajstić information content (AvgIpc) is 3.06. The molecular formula is C28H48. The Hall–Kier alpha value is 0. The summed E-state index contributed by atoms with van der Waals surface area (Å²) < 4.78 is 0. The number of fused-ring (bicyclic) bond motifs is 7. The van der Waals surface area contributed by atoms with Gasteiger partial charge in [0.2, 0.25) is 0 Å². The second-order valence-electron chi connectivity index (χ2n) is 13.4. The maximum Gasteiger partial charge on any atom is -0.0235 e. The second kappa shape index (κ2) is 6.50. The Kier molecular flexibility index (Phi) is 4.63. The molecule has 0 spiro atoms. The van der Waals surface area contributed by atoms with E-state index in [2.05, 4.69) is 41.5 Å². The minimum atomic E-state index is 0.610. The van der Waals surface area contributed by atoms with Crippen molar-refractivity contribution in [2.75, 3.05) is 0 Å². The van der Waals surface area contributed by atoms with Gasteiger partial charge in [-0.3, -0.25) is 0 Å². The summed E-state index contributed by atoms with van der Waals surface area (Å²) in [6.07, 6.45) is 16.9. The molecule has 28 heavy (non-hydrogen) atoms. The Morgan fingerprint density at radius 3 is 2.18 bits per heavy atom. The Balaban J connectivity index is 1.48. The van der Waals surface area contributed by atoms with Crippen LogP contribution in [0.3, 0.4) is 0 Å². The molecule has 5 aliphatic rings. The standard InChI is InChI=1S/C28H48/c1-18(2)20-9-10-22-21(20)13-16-27(5)24(22)11-12-25-26(4)15-7-8-19(3)23(26)14-17-28(25,27)6/h18-25H,7-17H2,1-6H3/t19-,20+,21+,22-,23-,24+,25+,26-,27+,28+/m0/s1. The van der Waals surface area contributed by atoms with Crippen LogP contribution in [0.25, 0.3) is 0 Å². The fourth-order valence-corrected chi connectivity index (χ4v) is 11.2. The van der Waals surface area contributed by atoms with Crippen LogP contribution >= 0.6 is 0 Å². The van der Waals surface area contributed by atoms with E-state index in [9.17, 15) is 0 Å². The van der Waals surface area contributed by atoms with Crippen LogP contribution in [0.4, 0.5) is 0 Å². The maximum atomic E-state index is 2.81. The van der Waals surface area contributed by atoms with Crippen molar-refractivity contribution in [2.24, 2.45) is 63.6 Å². The van der Waals surface area contributed by atoms with Gasteiger partial charge in [-0.1, -0.05) is 54.4 Å². The van der Waals surface area contributed by atoms with E-state index >= 15 is 0 Å². The lowest BCUT2D eigenvalue weighted by atomic mass is 9.34. The molecule has 5 aliphatic carbocycles. The minimum absolute atomic E-state index is 0.610. The fourth-order valence-electron chi connectivity index (χ4n) is 11.2. The predicted octanol–water partition coefficient (Wildman–Crippen LogP) is 8.35. The lowest BCUT2D eigenvalue weighted by molar-refractivity contribution is -0.218. The van der Waals surface area contributed by atoms with Gasteiger partial charge in [0.15, 0.2) is 0 Å². The Labute approximate surface area is 176 Å². The van der Waals surface area contributed by atoms with E-state index in [0.717, 1.165) is 47.3 Å². The summed E-state index contributed by atoms with van der Waals surface area (Å²) >= 11 is 0. The first kappa shape index (κ1) is 19.9. The molecule has 10 atom stereocenters. The lowest BCUT2D eigenvalue weighted by Crippen LogP contribution is -2.63. The molecule has 160 valence electrons. The highest BCUT2D eigenvalue weighted by Crippen LogP contribution is 2.74. The topological polar surface area (TPSA) is 0 Å². The highest BCUT2D eigenvalue weighted by Gasteiger charge is 2.67. The van der Waals surface area contributed by atoms with E-state index in [4.69, 9.17) is 0 Å². The summed E-state index contributed by atoms with van der Waals surface area (Å²) in [5, 5.41) is 0. The normalized spacial score (nSPS) is 58.6.